The van der Waals surface area contributed by atoms with Crippen molar-refractivity contribution >= 4 is 45.2 Å². The van der Waals surface area contributed by atoms with Crippen molar-refractivity contribution in [3.05, 3.63) is 28.2 Å². The number of thiophene rings is 1. The molecular formula is C17H20ClN3O3S. The number of ether oxygens (including phenoxy) is 1. The SMILES string of the molecule is CC(C)(C)OC(=O)NC1CCN(C(=O)c2cc3nccc(Cl)c3s2)C1. The molecule has 1 saturated heterocycles. The number of carbonyl (C=O) groups is 2. The van der Waals surface area contributed by atoms with Crippen LogP contribution in [0, 0.1) is 0 Å². The van der Waals surface area contributed by atoms with Crippen LogP contribution in [0.15, 0.2) is 18.3 Å². The highest BCUT2D eigenvalue weighted by atomic mass is 35.5. The van der Waals surface area contributed by atoms with Gasteiger partial charge in [-0.25, -0.2) is 4.79 Å². The molecule has 8 heteroatoms. The van der Waals surface area contributed by atoms with Crippen LogP contribution in [0.3, 0.4) is 0 Å². The van der Waals surface area contributed by atoms with Crippen LogP contribution >= 0.6 is 22.9 Å². The molecule has 0 aromatic carbocycles. The highest BCUT2D eigenvalue weighted by Crippen LogP contribution is 2.31. The Bertz CT molecular complexity index is 815. The van der Waals surface area contributed by atoms with Crippen molar-refractivity contribution in [2.45, 2.75) is 38.8 Å². The van der Waals surface area contributed by atoms with Gasteiger partial charge in [-0.05, 0) is 39.3 Å². The number of likely N-dealkylation sites (tertiary alicyclic amines) is 1. The summed E-state index contributed by atoms with van der Waals surface area (Å²) in [6, 6.07) is 3.38. The third kappa shape index (κ3) is 4.22. The Morgan fingerprint density at radius 1 is 1.44 bits per heavy atom. The molecule has 6 nitrogen and oxygen atoms in total. The van der Waals surface area contributed by atoms with E-state index in [4.69, 9.17) is 16.3 Å². The van der Waals surface area contributed by atoms with Crippen molar-refractivity contribution < 1.29 is 14.3 Å². The molecule has 1 unspecified atom stereocenters. The Morgan fingerprint density at radius 2 is 2.20 bits per heavy atom. The molecule has 1 N–H and O–H groups in total. The molecule has 3 heterocycles. The molecule has 1 aliphatic rings. The second-order valence-electron chi connectivity index (χ2n) is 7.00. The van der Waals surface area contributed by atoms with Gasteiger partial charge in [-0.15, -0.1) is 11.3 Å². The van der Waals surface area contributed by atoms with Crippen LogP contribution in [0.5, 0.6) is 0 Å². The van der Waals surface area contributed by atoms with Gasteiger partial charge in [-0.1, -0.05) is 11.6 Å². The molecule has 1 aliphatic heterocycles. The zero-order valence-electron chi connectivity index (χ0n) is 14.3. The number of alkyl carbamates (subject to hydrolysis) is 1. The maximum Gasteiger partial charge on any atom is 0.407 e. The molecule has 134 valence electrons. The summed E-state index contributed by atoms with van der Waals surface area (Å²) in [5, 5.41) is 3.42. The molecule has 0 radical (unpaired) electrons. The van der Waals surface area contributed by atoms with E-state index in [0.29, 0.717) is 29.4 Å². The highest BCUT2D eigenvalue weighted by molar-refractivity contribution is 7.21. The Hall–Kier alpha value is -1.86. The van der Waals surface area contributed by atoms with E-state index < -0.39 is 11.7 Å². The van der Waals surface area contributed by atoms with Crippen molar-refractivity contribution in [1.29, 1.82) is 0 Å². The van der Waals surface area contributed by atoms with Gasteiger partial charge in [0.25, 0.3) is 5.91 Å². The molecule has 0 aliphatic carbocycles. The van der Waals surface area contributed by atoms with E-state index in [0.717, 1.165) is 10.2 Å². The van der Waals surface area contributed by atoms with Crippen LogP contribution in [-0.4, -0.2) is 46.6 Å². The number of amides is 2. The number of hydrogen-bond acceptors (Lipinski definition) is 5. The molecule has 0 bridgehead atoms. The monoisotopic (exact) mass is 381 g/mol. The molecule has 2 amide bonds. The Morgan fingerprint density at radius 3 is 2.88 bits per heavy atom. The largest absolute Gasteiger partial charge is 0.444 e. The summed E-state index contributed by atoms with van der Waals surface area (Å²) in [6.07, 6.45) is 1.88. The quantitative estimate of drug-likeness (QED) is 0.861. The molecule has 3 rings (SSSR count). The number of pyridine rings is 1. The standard InChI is InChI=1S/C17H20ClN3O3S/c1-17(2,3)24-16(23)20-10-5-7-21(9-10)15(22)13-8-12-14(25-13)11(18)4-6-19-12/h4,6,8,10H,5,7,9H2,1-3H3,(H,20,23). The average Bonchev–Trinajstić information content (AvgIpc) is 3.12. The van der Waals surface area contributed by atoms with Crippen molar-refractivity contribution in [2.24, 2.45) is 0 Å². The van der Waals surface area contributed by atoms with E-state index in [-0.39, 0.29) is 11.9 Å². The first kappa shape index (κ1) is 17.9. The number of rotatable bonds is 2. The maximum absolute atomic E-state index is 12.7. The molecule has 2 aromatic heterocycles. The number of carbonyl (C=O) groups excluding carboxylic acids is 2. The van der Waals surface area contributed by atoms with E-state index in [1.165, 1.54) is 11.3 Å². The third-order valence-electron chi connectivity index (χ3n) is 3.77. The van der Waals surface area contributed by atoms with Crippen molar-refractivity contribution in [3.8, 4) is 0 Å². The minimum Gasteiger partial charge on any atom is -0.444 e. The second kappa shape index (κ2) is 6.80. The summed E-state index contributed by atoms with van der Waals surface area (Å²) in [7, 11) is 0. The molecule has 0 spiro atoms. The highest BCUT2D eigenvalue weighted by Gasteiger charge is 2.30. The smallest absolute Gasteiger partial charge is 0.407 e. The fraction of sp³-hybridized carbons (Fsp3) is 0.471. The predicted octanol–water partition coefficient (Wildman–Crippen LogP) is 3.69. The lowest BCUT2D eigenvalue weighted by molar-refractivity contribution is 0.0502. The van der Waals surface area contributed by atoms with Gasteiger partial charge < -0.3 is 15.0 Å². The van der Waals surface area contributed by atoms with E-state index in [1.54, 1.807) is 23.2 Å². The maximum atomic E-state index is 12.7. The Balaban J connectivity index is 1.64. The first-order valence-electron chi connectivity index (χ1n) is 8.06. The van der Waals surface area contributed by atoms with E-state index in [2.05, 4.69) is 10.3 Å². The molecule has 0 saturated carbocycles. The van der Waals surface area contributed by atoms with Gasteiger partial charge in [0, 0.05) is 19.3 Å². The van der Waals surface area contributed by atoms with Crippen LogP contribution in [-0.2, 0) is 4.74 Å². The lowest BCUT2D eigenvalue weighted by Crippen LogP contribution is -2.41. The normalized spacial score (nSPS) is 17.8. The summed E-state index contributed by atoms with van der Waals surface area (Å²) >= 11 is 7.50. The number of nitrogens with zero attached hydrogens (tertiary/aromatic N) is 2. The topological polar surface area (TPSA) is 71.5 Å². The Kier molecular flexibility index (Phi) is 4.88. The van der Waals surface area contributed by atoms with Crippen LogP contribution in [0.1, 0.15) is 36.9 Å². The summed E-state index contributed by atoms with van der Waals surface area (Å²) < 4.78 is 6.07. The van der Waals surface area contributed by atoms with Crippen LogP contribution < -0.4 is 5.32 Å². The van der Waals surface area contributed by atoms with Gasteiger partial charge in [0.1, 0.15) is 5.60 Å². The van der Waals surface area contributed by atoms with Crippen molar-refractivity contribution in [3.63, 3.8) is 0 Å². The van der Waals surface area contributed by atoms with Crippen molar-refractivity contribution in [1.82, 2.24) is 15.2 Å². The number of fused-ring (bicyclic) bond motifs is 1. The summed E-state index contributed by atoms with van der Waals surface area (Å²) in [4.78, 5) is 31.2. The lowest BCUT2D eigenvalue weighted by Gasteiger charge is -2.22. The fourth-order valence-corrected chi connectivity index (χ4v) is 3.96. The fourth-order valence-electron chi connectivity index (χ4n) is 2.71. The summed E-state index contributed by atoms with van der Waals surface area (Å²) in [6.45, 7) is 6.51. The summed E-state index contributed by atoms with van der Waals surface area (Å²) in [5.41, 5.74) is 0.185. The lowest BCUT2D eigenvalue weighted by atomic mass is 10.2. The van der Waals surface area contributed by atoms with Crippen LogP contribution in [0.25, 0.3) is 10.2 Å². The zero-order chi connectivity index (χ0) is 18.2. The van der Waals surface area contributed by atoms with Crippen LogP contribution in [0.2, 0.25) is 5.02 Å². The van der Waals surface area contributed by atoms with Gasteiger partial charge >= 0.3 is 6.09 Å². The van der Waals surface area contributed by atoms with E-state index in [1.807, 2.05) is 20.8 Å². The summed E-state index contributed by atoms with van der Waals surface area (Å²) in [5.74, 6) is -0.0624. The van der Waals surface area contributed by atoms with E-state index in [9.17, 15) is 9.59 Å². The first-order chi connectivity index (χ1) is 11.7. The van der Waals surface area contributed by atoms with Gasteiger partial charge in [-0.3, -0.25) is 9.78 Å². The molecule has 1 atom stereocenters. The van der Waals surface area contributed by atoms with Crippen molar-refractivity contribution in [2.75, 3.05) is 13.1 Å². The van der Waals surface area contributed by atoms with Gasteiger partial charge in [-0.2, -0.15) is 0 Å². The molecular weight excluding hydrogens is 362 g/mol. The second-order valence-corrected chi connectivity index (χ2v) is 8.46. The molecule has 25 heavy (non-hydrogen) atoms. The number of nitrogens with one attached hydrogen (secondary N) is 1. The van der Waals surface area contributed by atoms with Gasteiger partial charge in [0.05, 0.1) is 26.2 Å². The number of halogens is 1. The van der Waals surface area contributed by atoms with Gasteiger partial charge in [0.15, 0.2) is 0 Å². The first-order valence-corrected chi connectivity index (χ1v) is 9.25. The predicted molar refractivity (Wildman–Crippen MR) is 98.3 cm³/mol. The average molecular weight is 382 g/mol. The Labute approximate surface area is 155 Å². The van der Waals surface area contributed by atoms with Gasteiger partial charge in [0.2, 0.25) is 0 Å². The van der Waals surface area contributed by atoms with E-state index >= 15 is 0 Å². The zero-order valence-corrected chi connectivity index (χ0v) is 15.9. The number of aromatic nitrogens is 1. The molecule has 2 aromatic rings. The van der Waals surface area contributed by atoms with Crippen LogP contribution in [0.4, 0.5) is 4.79 Å². The molecule has 1 fully saturated rings. The third-order valence-corrected chi connectivity index (χ3v) is 5.34. The number of hydrogen-bond donors (Lipinski definition) is 1. The minimum atomic E-state index is -0.540. The minimum absolute atomic E-state index is 0.0624.